The van der Waals surface area contributed by atoms with Crippen molar-refractivity contribution in [1.82, 2.24) is 10.3 Å². The topological polar surface area (TPSA) is 77.2 Å². The molecular weight excluding hydrogens is 374 g/mol. The number of fused-ring (bicyclic) bond motifs is 1. The highest BCUT2D eigenvalue weighted by molar-refractivity contribution is 5.92. The van der Waals surface area contributed by atoms with Crippen LogP contribution in [0.15, 0.2) is 54.7 Å². The van der Waals surface area contributed by atoms with Crippen LogP contribution in [-0.2, 0) is 6.54 Å². The lowest BCUT2D eigenvalue weighted by atomic mass is 9.75. The molecule has 0 saturated heterocycles. The third-order valence-electron chi connectivity index (χ3n) is 6.13. The normalized spacial score (nSPS) is 16.5. The first kappa shape index (κ1) is 20.4. The first-order chi connectivity index (χ1) is 14.4. The zero-order valence-electron chi connectivity index (χ0n) is 17.7. The maximum absolute atomic E-state index is 11.2. The largest absolute Gasteiger partial charge is 0.438 e. The number of pyridine rings is 1. The van der Waals surface area contributed by atoms with Gasteiger partial charge in [-0.2, -0.15) is 0 Å². The van der Waals surface area contributed by atoms with E-state index in [1.54, 1.807) is 12.1 Å². The van der Waals surface area contributed by atoms with Gasteiger partial charge >= 0.3 is 0 Å². The van der Waals surface area contributed by atoms with Gasteiger partial charge in [0.2, 0.25) is 11.8 Å². The minimum absolute atomic E-state index is 0.361. The van der Waals surface area contributed by atoms with Gasteiger partial charge in [0.1, 0.15) is 5.75 Å². The van der Waals surface area contributed by atoms with Crippen molar-refractivity contribution in [2.24, 2.45) is 11.1 Å². The summed E-state index contributed by atoms with van der Waals surface area (Å²) in [5.41, 5.74) is 7.38. The van der Waals surface area contributed by atoms with Crippen molar-refractivity contribution in [1.29, 1.82) is 0 Å². The number of rotatable bonds is 6. The summed E-state index contributed by atoms with van der Waals surface area (Å²) < 4.78 is 6.02. The van der Waals surface area contributed by atoms with Crippen molar-refractivity contribution < 1.29 is 9.53 Å². The standard InChI is InChI=1S/C25H29N3O2/c1-25(2)13-11-19(12-14-25)27-15-17-7-9-22(21-6-4-3-5-20(17)21)30-23-10-8-18(16-28-23)24(26)29/h3-10,16,19,27H,11-15H2,1-2H3,(H2,26,29). The van der Waals surface area contributed by atoms with Gasteiger partial charge < -0.3 is 15.8 Å². The van der Waals surface area contributed by atoms with E-state index in [0.717, 1.165) is 17.7 Å². The highest BCUT2D eigenvalue weighted by Crippen LogP contribution is 2.36. The van der Waals surface area contributed by atoms with Crippen LogP contribution in [0.2, 0.25) is 0 Å². The summed E-state index contributed by atoms with van der Waals surface area (Å²) in [6.07, 6.45) is 6.46. The Morgan fingerprint density at radius 2 is 1.83 bits per heavy atom. The van der Waals surface area contributed by atoms with E-state index in [0.29, 0.717) is 22.9 Å². The molecule has 1 saturated carbocycles. The molecule has 1 aromatic heterocycles. The minimum atomic E-state index is -0.502. The van der Waals surface area contributed by atoms with Crippen LogP contribution in [0.3, 0.4) is 0 Å². The van der Waals surface area contributed by atoms with Crippen LogP contribution >= 0.6 is 0 Å². The number of nitrogens with one attached hydrogen (secondary N) is 1. The van der Waals surface area contributed by atoms with E-state index in [9.17, 15) is 4.79 Å². The molecule has 1 amide bonds. The van der Waals surface area contributed by atoms with E-state index in [2.05, 4.69) is 48.4 Å². The number of nitrogens with two attached hydrogens (primary N) is 1. The Bertz CT molecular complexity index is 1030. The van der Waals surface area contributed by atoms with Gasteiger partial charge in [0.15, 0.2) is 0 Å². The zero-order chi connectivity index (χ0) is 21.1. The number of carbonyl (C=O) groups is 1. The van der Waals surface area contributed by atoms with Gasteiger partial charge in [-0.1, -0.05) is 44.2 Å². The molecule has 1 fully saturated rings. The third-order valence-corrected chi connectivity index (χ3v) is 6.13. The van der Waals surface area contributed by atoms with Gasteiger partial charge in [0.25, 0.3) is 0 Å². The molecule has 5 heteroatoms. The smallest absolute Gasteiger partial charge is 0.250 e. The Labute approximate surface area is 177 Å². The Morgan fingerprint density at radius 3 is 2.50 bits per heavy atom. The summed E-state index contributed by atoms with van der Waals surface area (Å²) in [4.78, 5) is 15.4. The van der Waals surface area contributed by atoms with E-state index in [4.69, 9.17) is 10.5 Å². The molecule has 5 nitrogen and oxygen atoms in total. The molecule has 156 valence electrons. The molecule has 1 aliphatic rings. The van der Waals surface area contributed by atoms with Crippen molar-refractivity contribution in [3.8, 4) is 11.6 Å². The second kappa shape index (κ2) is 8.44. The summed E-state index contributed by atoms with van der Waals surface area (Å²) in [6, 6.07) is 16.2. The number of benzene rings is 2. The van der Waals surface area contributed by atoms with Gasteiger partial charge in [0.05, 0.1) is 5.56 Å². The van der Waals surface area contributed by atoms with Crippen molar-refractivity contribution in [3.63, 3.8) is 0 Å². The fourth-order valence-electron chi connectivity index (χ4n) is 4.13. The second-order valence-electron chi connectivity index (χ2n) is 8.94. The number of nitrogens with zero attached hydrogens (tertiary/aromatic N) is 1. The molecule has 0 bridgehead atoms. The fraction of sp³-hybridized carbons (Fsp3) is 0.360. The number of primary amides is 1. The van der Waals surface area contributed by atoms with E-state index in [1.165, 1.54) is 42.8 Å². The molecule has 0 spiro atoms. The summed E-state index contributed by atoms with van der Waals surface area (Å²) in [5.74, 6) is 0.673. The SMILES string of the molecule is CC1(C)CCC(NCc2ccc(Oc3ccc(C(N)=O)cn3)c3ccccc23)CC1. The van der Waals surface area contributed by atoms with Crippen molar-refractivity contribution in [2.45, 2.75) is 52.1 Å². The lowest BCUT2D eigenvalue weighted by molar-refractivity contribution is 0.1000. The number of ether oxygens (including phenoxy) is 1. The number of aromatic nitrogens is 1. The van der Waals surface area contributed by atoms with Crippen molar-refractivity contribution in [2.75, 3.05) is 0 Å². The Hall–Kier alpha value is -2.92. The Kier molecular flexibility index (Phi) is 5.73. The first-order valence-electron chi connectivity index (χ1n) is 10.6. The summed E-state index contributed by atoms with van der Waals surface area (Å²) in [5, 5.41) is 5.97. The molecule has 0 atom stereocenters. The lowest BCUT2D eigenvalue weighted by Crippen LogP contribution is -2.35. The van der Waals surface area contributed by atoms with E-state index in [1.807, 2.05) is 12.1 Å². The molecule has 3 N–H and O–H groups in total. The Balaban J connectivity index is 1.51. The van der Waals surface area contributed by atoms with Crippen LogP contribution in [0.1, 0.15) is 55.5 Å². The minimum Gasteiger partial charge on any atom is -0.438 e. The van der Waals surface area contributed by atoms with E-state index in [-0.39, 0.29) is 0 Å². The maximum Gasteiger partial charge on any atom is 0.250 e. The van der Waals surface area contributed by atoms with Crippen LogP contribution in [0.5, 0.6) is 11.6 Å². The molecule has 0 aliphatic heterocycles. The number of amides is 1. The predicted octanol–water partition coefficient (Wildman–Crippen LogP) is 5.18. The molecule has 2 aromatic carbocycles. The predicted molar refractivity (Wildman–Crippen MR) is 120 cm³/mol. The molecular formula is C25H29N3O2. The monoisotopic (exact) mass is 403 g/mol. The molecule has 30 heavy (non-hydrogen) atoms. The molecule has 3 aromatic rings. The van der Waals surface area contributed by atoms with Gasteiger partial charge in [0, 0.05) is 30.2 Å². The van der Waals surface area contributed by atoms with Crippen LogP contribution in [0.4, 0.5) is 0 Å². The average molecular weight is 404 g/mol. The van der Waals surface area contributed by atoms with E-state index < -0.39 is 5.91 Å². The quantitative estimate of drug-likeness (QED) is 0.594. The first-order valence-corrected chi connectivity index (χ1v) is 10.6. The van der Waals surface area contributed by atoms with Gasteiger partial charge in [-0.3, -0.25) is 4.79 Å². The zero-order valence-corrected chi connectivity index (χ0v) is 17.7. The van der Waals surface area contributed by atoms with Crippen LogP contribution in [-0.4, -0.2) is 16.9 Å². The third kappa shape index (κ3) is 4.62. The molecule has 0 unspecified atom stereocenters. The number of hydrogen-bond donors (Lipinski definition) is 2. The second-order valence-corrected chi connectivity index (χ2v) is 8.94. The molecule has 0 radical (unpaired) electrons. The summed E-state index contributed by atoms with van der Waals surface area (Å²) in [7, 11) is 0. The van der Waals surface area contributed by atoms with Gasteiger partial charge in [-0.15, -0.1) is 0 Å². The summed E-state index contributed by atoms with van der Waals surface area (Å²) in [6.45, 7) is 5.58. The molecule has 1 heterocycles. The summed E-state index contributed by atoms with van der Waals surface area (Å²) >= 11 is 0. The maximum atomic E-state index is 11.2. The van der Waals surface area contributed by atoms with Crippen LogP contribution in [0.25, 0.3) is 10.8 Å². The van der Waals surface area contributed by atoms with Crippen LogP contribution in [0, 0.1) is 5.41 Å². The van der Waals surface area contributed by atoms with Crippen molar-refractivity contribution >= 4 is 16.7 Å². The van der Waals surface area contributed by atoms with Crippen LogP contribution < -0.4 is 15.8 Å². The van der Waals surface area contributed by atoms with E-state index >= 15 is 0 Å². The molecule has 1 aliphatic carbocycles. The lowest BCUT2D eigenvalue weighted by Gasteiger charge is -2.34. The highest BCUT2D eigenvalue weighted by atomic mass is 16.5. The fourth-order valence-corrected chi connectivity index (χ4v) is 4.13. The van der Waals surface area contributed by atoms with Gasteiger partial charge in [-0.05, 0) is 54.2 Å². The number of hydrogen-bond acceptors (Lipinski definition) is 4. The average Bonchev–Trinajstić information content (AvgIpc) is 2.74. The Morgan fingerprint density at radius 1 is 1.10 bits per heavy atom. The molecule has 4 rings (SSSR count). The number of carbonyl (C=O) groups excluding carboxylic acids is 1. The van der Waals surface area contributed by atoms with Gasteiger partial charge in [-0.25, -0.2) is 4.98 Å². The van der Waals surface area contributed by atoms with Crippen molar-refractivity contribution in [3.05, 3.63) is 65.9 Å². The highest BCUT2D eigenvalue weighted by Gasteiger charge is 2.26.